The van der Waals surface area contributed by atoms with Gasteiger partial charge in [0.05, 0.1) is 40.7 Å². The predicted molar refractivity (Wildman–Crippen MR) is 190 cm³/mol. The van der Waals surface area contributed by atoms with E-state index in [1.54, 1.807) is 19.4 Å². The third kappa shape index (κ3) is 8.88. The Balaban J connectivity index is 0.000000252. The maximum absolute atomic E-state index is 14.3. The molecule has 12 nitrogen and oxygen atoms in total. The third-order valence-corrected chi connectivity index (χ3v) is 9.48. The summed E-state index contributed by atoms with van der Waals surface area (Å²) in [5.41, 5.74) is 14.5. The van der Waals surface area contributed by atoms with Crippen LogP contribution in [-0.2, 0) is 0 Å². The smallest absolute Gasteiger partial charge is 1.00 e. The first-order valence-electron chi connectivity index (χ1n) is 17.3. The average molecular weight is 702 g/mol. The molecule has 0 aromatic carbocycles. The number of halogens is 2. The van der Waals surface area contributed by atoms with Crippen LogP contribution in [0.5, 0.6) is 11.8 Å². The van der Waals surface area contributed by atoms with E-state index >= 15 is 0 Å². The van der Waals surface area contributed by atoms with Crippen LogP contribution in [0.1, 0.15) is 74.1 Å². The number of alkyl halides is 1. The number of fused-ring (bicyclic) bond motifs is 3. The van der Waals surface area contributed by atoms with Crippen LogP contribution in [0.2, 0.25) is 0 Å². The molecule has 0 atom stereocenters. The number of ether oxygens (including phenoxy) is 2. The van der Waals surface area contributed by atoms with Crippen molar-refractivity contribution in [3.8, 4) is 22.9 Å². The fourth-order valence-corrected chi connectivity index (χ4v) is 6.73. The molecule has 264 valence electrons. The van der Waals surface area contributed by atoms with Gasteiger partial charge in [0.1, 0.15) is 17.3 Å². The maximum atomic E-state index is 14.3. The summed E-state index contributed by atoms with van der Waals surface area (Å²) in [4.78, 5) is 25.3. The van der Waals surface area contributed by atoms with E-state index in [1.165, 1.54) is 39.0 Å². The van der Waals surface area contributed by atoms with Gasteiger partial charge in [-0.1, -0.05) is 13.8 Å². The number of nitrogens with two attached hydrogens (primary N) is 2. The van der Waals surface area contributed by atoms with Gasteiger partial charge in [-0.25, -0.2) is 24.3 Å². The van der Waals surface area contributed by atoms with Crippen LogP contribution in [0.3, 0.4) is 0 Å². The number of rotatable bonds is 6. The molecule has 0 bridgehead atoms. The van der Waals surface area contributed by atoms with Gasteiger partial charge in [0.15, 0.2) is 0 Å². The standard InChI is InChI=1S/C17H22FN5O.C17H21N5O.CH3F.Na.H/c1-10-3-5-11(6-4-10)22-16-13(8-21-17(19)23-16)12-7-15(24-2)20-9-14(12)18;1-10-3-5-11(6-4-10)22-14-9-19-15(23-2)7-12(14)13-8-20-17(18)21-16(13)22;1-2;;/h7-11H,3-6H2,1-2H3,(H3,19,21,22,23);7-11H,3-6H2,1-2H3,(H2,18,20,21);1H3;;/q;;;+1;-1/i;;1D;;. The molecule has 5 aromatic heterocycles. The quantitative estimate of drug-likeness (QED) is 0.217. The average Bonchev–Trinajstić information content (AvgIpc) is 3.43. The van der Waals surface area contributed by atoms with Crippen molar-refractivity contribution in [1.29, 1.82) is 0 Å². The molecule has 50 heavy (non-hydrogen) atoms. The molecule has 0 unspecified atom stereocenters. The minimum absolute atomic E-state index is 0. The molecule has 0 spiro atoms. The molecule has 5 heterocycles. The van der Waals surface area contributed by atoms with E-state index in [0.717, 1.165) is 65.7 Å². The predicted octanol–water partition coefficient (Wildman–Crippen LogP) is 4.28. The fraction of sp³-hybridized carbons (Fsp3) is 0.486. The number of pyridine rings is 2. The number of nitrogens with one attached hydrogen (secondary N) is 1. The Hall–Kier alpha value is -3.88. The largest absolute Gasteiger partial charge is 1.00 e. The van der Waals surface area contributed by atoms with E-state index in [2.05, 4.69) is 53.6 Å². The normalized spacial score (nSPS) is 20.3. The van der Waals surface area contributed by atoms with Crippen molar-refractivity contribution in [2.75, 3.05) is 38.2 Å². The second kappa shape index (κ2) is 17.9. The van der Waals surface area contributed by atoms with E-state index in [0.29, 0.717) is 46.7 Å². The first kappa shape index (κ1) is 37.4. The Morgan fingerprint density at radius 1 is 0.800 bits per heavy atom. The minimum Gasteiger partial charge on any atom is -1.00 e. The summed E-state index contributed by atoms with van der Waals surface area (Å²) in [6, 6.07) is 4.24. The molecule has 2 fully saturated rings. The van der Waals surface area contributed by atoms with Gasteiger partial charge in [-0.15, -0.1) is 0 Å². The maximum Gasteiger partial charge on any atom is 1.00 e. The number of aromatic nitrogens is 7. The molecule has 5 N–H and O–H groups in total. The summed E-state index contributed by atoms with van der Waals surface area (Å²) in [7, 11) is 2.12. The topological polar surface area (TPSA) is 165 Å². The zero-order valence-corrected chi connectivity index (χ0v) is 31.5. The summed E-state index contributed by atoms with van der Waals surface area (Å²) >= 11 is 0. The van der Waals surface area contributed by atoms with Crippen molar-refractivity contribution in [1.82, 2.24) is 34.5 Å². The minimum atomic E-state index is -1.00. The van der Waals surface area contributed by atoms with E-state index in [-0.39, 0.29) is 36.9 Å². The van der Waals surface area contributed by atoms with Gasteiger partial charge < -0.3 is 32.3 Å². The molecular weight excluding hydrogens is 653 g/mol. The first-order valence-corrected chi connectivity index (χ1v) is 16.6. The Morgan fingerprint density at radius 2 is 1.38 bits per heavy atom. The van der Waals surface area contributed by atoms with Crippen LogP contribution < -0.4 is 55.8 Å². The summed E-state index contributed by atoms with van der Waals surface area (Å²) in [5, 5.41) is 5.50. The van der Waals surface area contributed by atoms with Gasteiger partial charge in [-0.3, -0.25) is 4.39 Å². The van der Waals surface area contributed by atoms with Gasteiger partial charge >= 0.3 is 29.6 Å². The summed E-state index contributed by atoms with van der Waals surface area (Å²) in [5.74, 6) is 3.06. The van der Waals surface area contributed by atoms with Crippen LogP contribution in [0.15, 0.2) is 36.9 Å². The van der Waals surface area contributed by atoms with Gasteiger partial charge in [-0.05, 0) is 63.2 Å². The Labute approximate surface area is 316 Å². The van der Waals surface area contributed by atoms with Crippen LogP contribution in [-0.4, -0.2) is 61.9 Å². The Kier molecular flexibility index (Phi) is 13.4. The number of hydrogen-bond donors (Lipinski definition) is 3. The van der Waals surface area contributed by atoms with E-state index in [1.807, 2.05) is 12.3 Å². The summed E-state index contributed by atoms with van der Waals surface area (Å²) < 4.78 is 42.4. The number of nitrogens with zero attached hydrogens (tertiary/aromatic N) is 7. The Morgan fingerprint density at radius 3 is 2.04 bits per heavy atom. The van der Waals surface area contributed by atoms with Crippen molar-refractivity contribution in [3.05, 3.63) is 42.7 Å². The molecule has 2 aliphatic rings. The van der Waals surface area contributed by atoms with Crippen molar-refractivity contribution in [2.45, 2.75) is 77.3 Å². The van der Waals surface area contributed by atoms with Gasteiger partial charge in [0, 0.05) is 58.5 Å². The molecule has 7 rings (SSSR count). The molecule has 2 saturated carbocycles. The zero-order chi connectivity index (χ0) is 35.8. The summed E-state index contributed by atoms with van der Waals surface area (Å²) in [6.45, 7) is 4.59. The molecule has 0 radical (unpaired) electrons. The van der Waals surface area contributed by atoms with E-state index < -0.39 is 13.0 Å². The first-order chi connectivity index (χ1) is 24.1. The van der Waals surface area contributed by atoms with Gasteiger partial charge in [0.2, 0.25) is 23.7 Å². The van der Waals surface area contributed by atoms with Crippen molar-refractivity contribution >= 4 is 39.7 Å². The zero-order valence-electron chi connectivity index (χ0n) is 31.5. The van der Waals surface area contributed by atoms with Crippen molar-refractivity contribution in [3.63, 3.8) is 0 Å². The number of anilines is 3. The Bertz CT molecular complexity index is 1890. The van der Waals surface area contributed by atoms with E-state index in [4.69, 9.17) is 22.3 Å². The molecule has 0 aliphatic heterocycles. The summed E-state index contributed by atoms with van der Waals surface area (Å²) in [6.07, 6.45) is 15.6. The second-order valence-electron chi connectivity index (χ2n) is 12.8. The fourth-order valence-electron chi connectivity index (χ4n) is 6.73. The SMILES string of the molecule is COc1cc(-c2cnc(N)nc2NC2CCC(C)CC2)c(F)cn1.COc1cc2c3cnc(N)nc3n(C3CCC(C)CC3)c2cn1.[2H]CF.[H-].[Na+]. The molecular formula is C35H47F2N10NaO2. The van der Waals surface area contributed by atoms with E-state index in [9.17, 15) is 8.78 Å². The molecule has 0 saturated heterocycles. The van der Waals surface area contributed by atoms with Crippen LogP contribution in [0.25, 0.3) is 33.1 Å². The van der Waals surface area contributed by atoms with Crippen LogP contribution in [0.4, 0.5) is 26.5 Å². The van der Waals surface area contributed by atoms with Crippen LogP contribution >= 0.6 is 0 Å². The monoisotopic (exact) mass is 701 g/mol. The number of hydrogen-bond acceptors (Lipinski definition) is 11. The van der Waals surface area contributed by atoms with Gasteiger partial charge in [-0.2, -0.15) is 9.97 Å². The molecule has 2 aliphatic carbocycles. The van der Waals surface area contributed by atoms with Crippen molar-refractivity contribution in [2.24, 2.45) is 11.8 Å². The second-order valence-corrected chi connectivity index (χ2v) is 12.8. The van der Waals surface area contributed by atoms with Crippen molar-refractivity contribution < 1.29 is 50.6 Å². The number of methoxy groups -OCH3 is 2. The van der Waals surface area contributed by atoms with Gasteiger partial charge in [0.25, 0.3) is 0 Å². The molecule has 5 aromatic rings. The molecule has 0 amide bonds. The molecule has 15 heteroatoms. The number of nitrogen functional groups attached to an aromatic ring is 2. The third-order valence-electron chi connectivity index (χ3n) is 9.48. The van der Waals surface area contributed by atoms with Crippen LogP contribution in [0, 0.1) is 17.7 Å².